The molecule has 0 saturated heterocycles. The van der Waals surface area contributed by atoms with Crippen LogP contribution in [-0.2, 0) is 24.3 Å². The predicted octanol–water partition coefficient (Wildman–Crippen LogP) is 4.03. The quantitative estimate of drug-likeness (QED) is 0.415. The van der Waals surface area contributed by atoms with Crippen LogP contribution in [0, 0.1) is 0 Å². The Morgan fingerprint density at radius 1 is 1.00 bits per heavy atom. The van der Waals surface area contributed by atoms with Gasteiger partial charge in [-0.1, -0.05) is 36.4 Å². The normalized spacial score (nSPS) is 12.1. The number of nitrogens with one attached hydrogen (secondary N) is 1. The maximum Gasteiger partial charge on any atom is 0.341 e. The van der Waals surface area contributed by atoms with E-state index in [0.717, 1.165) is 14.7 Å². The summed E-state index contributed by atoms with van der Waals surface area (Å²) in [7, 11) is -0.993. The van der Waals surface area contributed by atoms with Crippen molar-refractivity contribution in [3.05, 3.63) is 71.8 Å². The summed E-state index contributed by atoms with van der Waals surface area (Å²) in [4.78, 5) is 38.6. The first kappa shape index (κ1) is 27.1. The highest BCUT2D eigenvalue weighted by atomic mass is 32.2. The fourth-order valence-electron chi connectivity index (χ4n) is 3.08. The van der Waals surface area contributed by atoms with Crippen LogP contribution in [0.1, 0.15) is 34.6 Å². The van der Waals surface area contributed by atoms with E-state index in [1.165, 1.54) is 56.6 Å². The topological polar surface area (TPSA) is 119 Å². The number of sulfonamides is 1. The minimum Gasteiger partial charge on any atom is -0.462 e. The molecule has 0 aliphatic heterocycles. The van der Waals surface area contributed by atoms with E-state index < -0.39 is 34.0 Å². The van der Waals surface area contributed by atoms with Crippen LogP contribution in [0.25, 0.3) is 10.4 Å². The van der Waals surface area contributed by atoms with E-state index >= 15 is 0 Å². The van der Waals surface area contributed by atoms with Crippen LogP contribution in [0.4, 0.5) is 5.00 Å². The maximum atomic E-state index is 12.8. The molecule has 3 aromatic rings. The molecule has 1 atom stereocenters. The molecule has 0 aliphatic carbocycles. The molecule has 0 bridgehead atoms. The van der Waals surface area contributed by atoms with E-state index in [1.807, 2.05) is 30.3 Å². The zero-order valence-electron chi connectivity index (χ0n) is 20.2. The number of benzene rings is 2. The van der Waals surface area contributed by atoms with Crippen LogP contribution < -0.4 is 5.32 Å². The third-order valence-corrected chi connectivity index (χ3v) is 7.93. The van der Waals surface area contributed by atoms with Crippen molar-refractivity contribution in [3.63, 3.8) is 0 Å². The van der Waals surface area contributed by atoms with Crippen molar-refractivity contribution < 1.29 is 32.3 Å². The number of thiophene rings is 1. The van der Waals surface area contributed by atoms with Gasteiger partial charge in [0, 0.05) is 19.0 Å². The van der Waals surface area contributed by atoms with Gasteiger partial charge in [-0.3, -0.25) is 4.79 Å². The number of esters is 2. The molecular formula is C25H26N2O7S2. The lowest BCUT2D eigenvalue weighted by Crippen LogP contribution is -2.30. The van der Waals surface area contributed by atoms with Gasteiger partial charge in [0.15, 0.2) is 6.10 Å². The highest BCUT2D eigenvalue weighted by Crippen LogP contribution is 2.36. The third-order valence-electron chi connectivity index (χ3n) is 5.02. The van der Waals surface area contributed by atoms with E-state index in [0.29, 0.717) is 0 Å². The van der Waals surface area contributed by atoms with Gasteiger partial charge in [-0.05, 0) is 43.7 Å². The van der Waals surface area contributed by atoms with Crippen molar-refractivity contribution in [1.29, 1.82) is 0 Å². The van der Waals surface area contributed by atoms with Gasteiger partial charge < -0.3 is 14.8 Å². The van der Waals surface area contributed by atoms with Gasteiger partial charge in [0.1, 0.15) is 5.00 Å². The van der Waals surface area contributed by atoms with E-state index in [1.54, 1.807) is 13.0 Å². The summed E-state index contributed by atoms with van der Waals surface area (Å²) < 4.78 is 36.1. The molecule has 0 aliphatic rings. The molecule has 190 valence electrons. The molecule has 0 radical (unpaired) electrons. The number of carbonyl (C=O) groups is 3. The molecule has 2 aromatic carbocycles. The van der Waals surface area contributed by atoms with E-state index in [2.05, 4.69) is 5.32 Å². The number of ether oxygens (including phenoxy) is 2. The average molecular weight is 531 g/mol. The van der Waals surface area contributed by atoms with Gasteiger partial charge >= 0.3 is 11.9 Å². The first-order valence-corrected chi connectivity index (χ1v) is 13.2. The number of amides is 1. The number of rotatable bonds is 9. The van der Waals surface area contributed by atoms with Gasteiger partial charge in [-0.15, -0.1) is 11.3 Å². The van der Waals surface area contributed by atoms with Crippen LogP contribution in [-0.4, -0.2) is 57.4 Å². The summed E-state index contributed by atoms with van der Waals surface area (Å²) in [6.07, 6.45) is -1.23. The minimum absolute atomic E-state index is 0.0210. The lowest BCUT2D eigenvalue weighted by atomic mass is 10.1. The van der Waals surface area contributed by atoms with Crippen LogP contribution in [0.3, 0.4) is 0 Å². The van der Waals surface area contributed by atoms with E-state index in [-0.39, 0.29) is 27.6 Å². The summed E-state index contributed by atoms with van der Waals surface area (Å²) in [5.74, 6) is -2.11. The highest BCUT2D eigenvalue weighted by Gasteiger charge is 2.25. The van der Waals surface area contributed by atoms with Gasteiger partial charge in [0.2, 0.25) is 10.0 Å². The molecule has 0 saturated carbocycles. The standard InChI is InChI=1S/C25H26N2O7S2/c1-5-33-25(30)20-15-21(17-10-7-6-8-11-17)35-23(20)26-22(28)16(2)34-24(29)18-12-9-13-19(14-18)36(31,32)27(3)4/h6-16H,5H2,1-4H3,(H,26,28)/t16-/m1/s1. The van der Waals surface area contributed by atoms with Crippen molar-refractivity contribution in [3.8, 4) is 10.4 Å². The summed E-state index contributed by atoms with van der Waals surface area (Å²) in [5, 5.41) is 2.91. The third kappa shape index (κ3) is 6.17. The summed E-state index contributed by atoms with van der Waals surface area (Å²) in [6, 6.07) is 16.3. The Morgan fingerprint density at radius 2 is 1.69 bits per heavy atom. The lowest BCUT2D eigenvalue weighted by Gasteiger charge is -2.15. The fraction of sp³-hybridized carbons (Fsp3) is 0.240. The van der Waals surface area contributed by atoms with Crippen LogP contribution in [0.5, 0.6) is 0 Å². The summed E-state index contributed by atoms with van der Waals surface area (Å²) in [6.45, 7) is 3.23. The van der Waals surface area contributed by atoms with Crippen LogP contribution >= 0.6 is 11.3 Å². The zero-order valence-corrected chi connectivity index (χ0v) is 21.8. The van der Waals surface area contributed by atoms with E-state index in [4.69, 9.17) is 9.47 Å². The predicted molar refractivity (Wildman–Crippen MR) is 137 cm³/mol. The van der Waals surface area contributed by atoms with Crippen LogP contribution in [0.15, 0.2) is 65.6 Å². The Labute approximate surface area is 213 Å². The average Bonchev–Trinajstić information content (AvgIpc) is 3.28. The maximum absolute atomic E-state index is 12.8. The van der Waals surface area contributed by atoms with Crippen molar-refractivity contribution in [1.82, 2.24) is 4.31 Å². The monoisotopic (exact) mass is 530 g/mol. The number of nitrogens with zero attached hydrogens (tertiary/aromatic N) is 1. The number of carbonyl (C=O) groups excluding carboxylic acids is 3. The molecule has 36 heavy (non-hydrogen) atoms. The van der Waals surface area contributed by atoms with Crippen molar-refractivity contribution >= 4 is 44.2 Å². The fourth-order valence-corrected chi connectivity index (χ4v) is 5.08. The molecule has 0 fully saturated rings. The number of hydrogen-bond donors (Lipinski definition) is 1. The molecular weight excluding hydrogens is 504 g/mol. The van der Waals surface area contributed by atoms with Crippen molar-refractivity contribution in [2.24, 2.45) is 0 Å². The first-order chi connectivity index (χ1) is 17.0. The molecule has 1 amide bonds. The molecule has 3 rings (SSSR count). The summed E-state index contributed by atoms with van der Waals surface area (Å²) in [5.41, 5.74) is 1.03. The highest BCUT2D eigenvalue weighted by molar-refractivity contribution is 7.89. The smallest absolute Gasteiger partial charge is 0.341 e. The minimum atomic E-state index is -3.75. The SMILES string of the molecule is CCOC(=O)c1cc(-c2ccccc2)sc1NC(=O)[C@@H](C)OC(=O)c1cccc(S(=O)(=O)N(C)C)c1. The van der Waals surface area contributed by atoms with Gasteiger partial charge in [0.25, 0.3) is 5.91 Å². The molecule has 1 aromatic heterocycles. The second-order valence-corrected chi connectivity index (χ2v) is 11.0. The zero-order chi connectivity index (χ0) is 26.5. The van der Waals surface area contributed by atoms with Crippen LogP contribution in [0.2, 0.25) is 0 Å². The Bertz CT molecular complexity index is 1370. The first-order valence-electron chi connectivity index (χ1n) is 11.0. The molecule has 0 unspecified atom stereocenters. The molecule has 0 spiro atoms. The second kappa shape index (κ2) is 11.5. The Hall–Kier alpha value is -3.54. The van der Waals surface area contributed by atoms with Gasteiger partial charge in [-0.2, -0.15) is 0 Å². The summed E-state index contributed by atoms with van der Waals surface area (Å²) >= 11 is 1.19. The largest absolute Gasteiger partial charge is 0.462 e. The van der Waals surface area contributed by atoms with Crippen molar-refractivity contribution in [2.75, 3.05) is 26.0 Å². The number of anilines is 1. The molecule has 1 heterocycles. The van der Waals surface area contributed by atoms with Crippen molar-refractivity contribution in [2.45, 2.75) is 24.8 Å². The molecule has 1 N–H and O–H groups in total. The molecule has 9 nitrogen and oxygen atoms in total. The second-order valence-electron chi connectivity index (χ2n) is 7.79. The van der Waals surface area contributed by atoms with E-state index in [9.17, 15) is 22.8 Å². The Morgan fingerprint density at radius 3 is 2.33 bits per heavy atom. The Kier molecular flexibility index (Phi) is 8.62. The Balaban J connectivity index is 1.78. The van der Waals surface area contributed by atoms with Gasteiger partial charge in [-0.25, -0.2) is 22.3 Å². The number of hydrogen-bond acceptors (Lipinski definition) is 8. The molecule has 11 heteroatoms. The van der Waals surface area contributed by atoms with Gasteiger partial charge in [0.05, 0.1) is 22.6 Å². The lowest BCUT2D eigenvalue weighted by molar-refractivity contribution is -0.123.